The van der Waals surface area contributed by atoms with Crippen LogP contribution < -0.4 is 11.1 Å². The highest BCUT2D eigenvalue weighted by molar-refractivity contribution is 7.10. The highest BCUT2D eigenvalue weighted by Crippen LogP contribution is 2.22. The predicted octanol–water partition coefficient (Wildman–Crippen LogP) is 3.10. The Morgan fingerprint density at radius 2 is 2.00 bits per heavy atom. The summed E-state index contributed by atoms with van der Waals surface area (Å²) >= 11 is 1.45. The van der Waals surface area contributed by atoms with Crippen LogP contribution in [0.5, 0.6) is 0 Å². The summed E-state index contributed by atoms with van der Waals surface area (Å²) in [6.45, 7) is 0.182. The van der Waals surface area contributed by atoms with Crippen molar-refractivity contribution in [3.05, 3.63) is 64.4 Å². The van der Waals surface area contributed by atoms with Gasteiger partial charge in [-0.2, -0.15) is 0 Å². The summed E-state index contributed by atoms with van der Waals surface area (Å²) in [5, 5.41) is 4.43. The molecule has 1 unspecified atom stereocenters. The van der Waals surface area contributed by atoms with E-state index in [9.17, 15) is 9.59 Å². The molecule has 120 valence electrons. The van der Waals surface area contributed by atoms with Crippen LogP contribution >= 0.6 is 11.3 Å². The van der Waals surface area contributed by atoms with Crippen LogP contribution in [-0.4, -0.2) is 18.6 Å². The highest BCUT2D eigenvalue weighted by atomic mass is 32.1. The van der Waals surface area contributed by atoms with Gasteiger partial charge in [0.25, 0.3) is 0 Å². The number of ether oxygens (including phenoxy) is 1. The number of benzene rings is 1. The number of amides is 2. The Labute approximate surface area is 138 Å². The molecule has 0 aliphatic heterocycles. The number of nitrogens with one attached hydrogen (secondary N) is 1. The highest BCUT2D eigenvalue weighted by Gasteiger charge is 2.18. The first-order valence-electron chi connectivity index (χ1n) is 7.11. The zero-order valence-electron chi connectivity index (χ0n) is 12.5. The molecule has 0 saturated carbocycles. The Morgan fingerprint density at radius 1 is 1.22 bits per heavy atom. The lowest BCUT2D eigenvalue weighted by atomic mass is 10.2. The SMILES string of the molecule is NC(=O)NC(CC(=O)OCC=Cc1ccccc1)c1cccs1. The average Bonchev–Trinajstić information content (AvgIpc) is 3.06. The molecule has 5 nitrogen and oxygen atoms in total. The fourth-order valence-corrected chi connectivity index (χ4v) is 2.78. The van der Waals surface area contributed by atoms with E-state index in [0.717, 1.165) is 10.4 Å². The number of urea groups is 1. The van der Waals surface area contributed by atoms with Gasteiger partial charge in [-0.05, 0) is 23.1 Å². The van der Waals surface area contributed by atoms with Crippen molar-refractivity contribution in [2.24, 2.45) is 5.73 Å². The van der Waals surface area contributed by atoms with Crippen LogP contribution in [0.25, 0.3) is 6.08 Å². The van der Waals surface area contributed by atoms with E-state index in [0.29, 0.717) is 0 Å². The first-order chi connectivity index (χ1) is 11.1. The van der Waals surface area contributed by atoms with Gasteiger partial charge in [0, 0.05) is 4.88 Å². The number of carbonyl (C=O) groups excluding carboxylic acids is 2. The zero-order chi connectivity index (χ0) is 16.5. The summed E-state index contributed by atoms with van der Waals surface area (Å²) in [7, 11) is 0. The van der Waals surface area contributed by atoms with Gasteiger partial charge in [-0.25, -0.2) is 4.79 Å². The molecular formula is C17H18N2O3S. The maximum absolute atomic E-state index is 11.9. The van der Waals surface area contributed by atoms with Gasteiger partial charge >= 0.3 is 12.0 Å². The molecule has 0 bridgehead atoms. The molecule has 2 amide bonds. The van der Waals surface area contributed by atoms with Crippen molar-refractivity contribution in [2.45, 2.75) is 12.5 Å². The maximum Gasteiger partial charge on any atom is 0.312 e. The van der Waals surface area contributed by atoms with Gasteiger partial charge in [0.1, 0.15) is 6.61 Å². The second-order valence-electron chi connectivity index (χ2n) is 4.78. The minimum atomic E-state index is -0.667. The van der Waals surface area contributed by atoms with Crippen molar-refractivity contribution in [1.82, 2.24) is 5.32 Å². The lowest BCUT2D eigenvalue weighted by Gasteiger charge is -2.15. The van der Waals surface area contributed by atoms with E-state index in [1.165, 1.54) is 11.3 Å². The largest absolute Gasteiger partial charge is 0.461 e. The minimum absolute atomic E-state index is 0.0443. The summed E-state index contributed by atoms with van der Waals surface area (Å²) in [5.74, 6) is -0.394. The molecule has 3 N–H and O–H groups in total. The molecule has 0 radical (unpaired) electrons. The number of esters is 1. The molecule has 2 rings (SSSR count). The van der Waals surface area contributed by atoms with E-state index in [1.54, 1.807) is 6.08 Å². The van der Waals surface area contributed by atoms with Gasteiger partial charge < -0.3 is 15.8 Å². The van der Waals surface area contributed by atoms with Crippen molar-refractivity contribution in [3.8, 4) is 0 Å². The molecule has 23 heavy (non-hydrogen) atoms. The molecule has 0 aliphatic carbocycles. The topological polar surface area (TPSA) is 81.4 Å². The monoisotopic (exact) mass is 330 g/mol. The number of rotatable bonds is 7. The van der Waals surface area contributed by atoms with Crippen molar-refractivity contribution in [1.29, 1.82) is 0 Å². The first-order valence-corrected chi connectivity index (χ1v) is 7.99. The third-order valence-corrected chi connectivity index (χ3v) is 4.01. The summed E-state index contributed by atoms with van der Waals surface area (Å²) in [6.07, 6.45) is 3.70. The molecule has 0 spiro atoms. The zero-order valence-corrected chi connectivity index (χ0v) is 13.3. The maximum atomic E-state index is 11.9. The number of thiophene rings is 1. The van der Waals surface area contributed by atoms with Crippen LogP contribution in [0.4, 0.5) is 4.79 Å². The smallest absolute Gasteiger partial charge is 0.312 e. The molecular weight excluding hydrogens is 312 g/mol. The Hall–Kier alpha value is -2.60. The summed E-state index contributed by atoms with van der Waals surface area (Å²) in [6, 6.07) is 12.3. The van der Waals surface area contributed by atoms with Crippen LogP contribution in [-0.2, 0) is 9.53 Å². The van der Waals surface area contributed by atoms with Crippen LogP contribution in [0.2, 0.25) is 0 Å². The predicted molar refractivity (Wildman–Crippen MR) is 90.8 cm³/mol. The number of primary amides is 1. The van der Waals surface area contributed by atoms with E-state index in [4.69, 9.17) is 10.5 Å². The fraction of sp³-hybridized carbons (Fsp3) is 0.176. The molecule has 1 atom stereocenters. The number of carbonyl (C=O) groups is 2. The van der Waals surface area contributed by atoms with Gasteiger partial charge in [-0.15, -0.1) is 11.3 Å². The molecule has 0 aliphatic rings. The quantitative estimate of drug-likeness (QED) is 0.765. The Bertz CT molecular complexity index is 654. The van der Waals surface area contributed by atoms with Gasteiger partial charge in [0.05, 0.1) is 12.5 Å². The van der Waals surface area contributed by atoms with Gasteiger partial charge in [0.15, 0.2) is 0 Å². The first kappa shape index (κ1) is 16.8. The summed E-state index contributed by atoms with van der Waals surface area (Å²) < 4.78 is 5.16. The van der Waals surface area contributed by atoms with E-state index in [2.05, 4.69) is 5.32 Å². The lowest BCUT2D eigenvalue weighted by molar-refractivity contribution is -0.142. The Kier molecular flexibility index (Phi) is 6.38. The summed E-state index contributed by atoms with van der Waals surface area (Å²) in [4.78, 5) is 23.8. The average molecular weight is 330 g/mol. The third-order valence-electron chi connectivity index (χ3n) is 3.02. The normalized spacial score (nSPS) is 12.0. The second kappa shape index (κ2) is 8.75. The van der Waals surface area contributed by atoms with Crippen LogP contribution in [0.1, 0.15) is 22.9 Å². The van der Waals surface area contributed by atoms with Gasteiger partial charge in [-0.3, -0.25) is 4.79 Å². The molecule has 2 aromatic rings. The van der Waals surface area contributed by atoms with Gasteiger partial charge in [0.2, 0.25) is 0 Å². The van der Waals surface area contributed by atoms with Crippen LogP contribution in [0.3, 0.4) is 0 Å². The fourth-order valence-electron chi connectivity index (χ4n) is 2.00. The molecule has 6 heteroatoms. The lowest BCUT2D eigenvalue weighted by Crippen LogP contribution is -2.34. The number of hydrogen-bond acceptors (Lipinski definition) is 4. The van der Waals surface area contributed by atoms with E-state index < -0.39 is 18.0 Å². The van der Waals surface area contributed by atoms with Crippen molar-refractivity contribution >= 4 is 29.4 Å². The number of nitrogens with two attached hydrogens (primary N) is 1. The number of hydrogen-bond donors (Lipinski definition) is 2. The second-order valence-corrected chi connectivity index (χ2v) is 5.76. The standard InChI is InChI=1S/C17H18N2O3S/c18-17(21)19-14(15-9-5-11-23-15)12-16(20)22-10-4-8-13-6-2-1-3-7-13/h1-9,11,14H,10,12H2,(H3,18,19,21). The molecule has 1 aromatic heterocycles. The van der Waals surface area contributed by atoms with Crippen LogP contribution in [0, 0.1) is 0 Å². The van der Waals surface area contributed by atoms with Crippen molar-refractivity contribution < 1.29 is 14.3 Å². The van der Waals surface area contributed by atoms with E-state index in [-0.39, 0.29) is 13.0 Å². The molecule has 0 fully saturated rings. The molecule has 1 aromatic carbocycles. The molecule has 0 saturated heterocycles. The summed E-state index contributed by atoms with van der Waals surface area (Å²) in [5.41, 5.74) is 6.19. The van der Waals surface area contributed by atoms with Crippen molar-refractivity contribution in [2.75, 3.05) is 6.61 Å². The third kappa shape index (κ3) is 5.96. The Morgan fingerprint density at radius 3 is 2.65 bits per heavy atom. The van der Waals surface area contributed by atoms with Crippen LogP contribution in [0.15, 0.2) is 53.9 Å². The molecule has 1 heterocycles. The van der Waals surface area contributed by atoms with Crippen molar-refractivity contribution in [3.63, 3.8) is 0 Å². The minimum Gasteiger partial charge on any atom is -0.461 e. The van der Waals surface area contributed by atoms with Gasteiger partial charge in [-0.1, -0.05) is 42.5 Å². The van der Waals surface area contributed by atoms with E-state index >= 15 is 0 Å². The van der Waals surface area contributed by atoms with E-state index in [1.807, 2.05) is 53.9 Å². The Balaban J connectivity index is 1.82.